The number of rotatable bonds is 2. The third-order valence-corrected chi connectivity index (χ3v) is 13.5. The zero-order valence-corrected chi connectivity index (χ0v) is 20.2. The minimum absolute atomic E-state index is 1.32. The maximum absolute atomic E-state index is 2.46. The van der Waals surface area contributed by atoms with Gasteiger partial charge in [-0.2, -0.15) is 0 Å². The van der Waals surface area contributed by atoms with Crippen molar-refractivity contribution in [2.75, 3.05) is 0 Å². The summed E-state index contributed by atoms with van der Waals surface area (Å²) in [4.78, 5) is 0. The van der Waals surface area contributed by atoms with Gasteiger partial charge in [-0.05, 0) is 50.9 Å². The van der Waals surface area contributed by atoms with E-state index in [2.05, 4.69) is 122 Å². The van der Waals surface area contributed by atoms with Crippen molar-refractivity contribution in [3.63, 3.8) is 0 Å². The van der Waals surface area contributed by atoms with Gasteiger partial charge in [0.15, 0.2) is 8.07 Å². The Morgan fingerprint density at radius 1 is 0.576 bits per heavy atom. The summed E-state index contributed by atoms with van der Waals surface area (Å²) < 4.78 is 2.84. The molecule has 6 aromatic rings. The average Bonchev–Trinajstić information content (AvgIpc) is 3.39. The molecule has 1 aliphatic heterocycles. The normalized spacial score (nSPS) is 13.8. The van der Waals surface area contributed by atoms with Gasteiger partial charge in [-0.15, -0.1) is 11.3 Å². The van der Waals surface area contributed by atoms with Crippen LogP contribution in [0.1, 0.15) is 5.56 Å². The lowest BCUT2D eigenvalue weighted by Crippen LogP contribution is -2.72. The van der Waals surface area contributed by atoms with E-state index in [0.29, 0.717) is 0 Å². The predicted molar refractivity (Wildman–Crippen MR) is 147 cm³/mol. The summed E-state index contributed by atoms with van der Waals surface area (Å²) in [6.07, 6.45) is 0. The number of benzene rings is 5. The van der Waals surface area contributed by atoms with Crippen LogP contribution in [0.3, 0.4) is 0 Å². The molecule has 0 fully saturated rings. The molecule has 33 heavy (non-hydrogen) atoms. The van der Waals surface area contributed by atoms with Gasteiger partial charge in [0.05, 0.1) is 0 Å². The van der Waals surface area contributed by atoms with E-state index in [0.717, 1.165) is 0 Å². The quantitative estimate of drug-likeness (QED) is 0.293. The average molecular weight is 455 g/mol. The summed E-state index contributed by atoms with van der Waals surface area (Å²) >= 11 is 1.97. The van der Waals surface area contributed by atoms with Crippen molar-refractivity contribution in [1.82, 2.24) is 0 Å². The fraction of sp³-hybridized carbons (Fsp3) is 0.0323. The van der Waals surface area contributed by atoms with Gasteiger partial charge in [0.25, 0.3) is 0 Å². The first-order valence-corrected chi connectivity index (χ1v) is 14.3. The highest BCUT2D eigenvalue weighted by Gasteiger charge is 2.49. The highest BCUT2D eigenvalue weighted by molar-refractivity contribution is 7.31. The van der Waals surface area contributed by atoms with Crippen molar-refractivity contribution in [1.29, 1.82) is 0 Å². The molecule has 0 N–H and O–H groups in total. The Labute approximate surface area is 198 Å². The van der Waals surface area contributed by atoms with E-state index in [-0.39, 0.29) is 0 Å². The molecule has 2 heterocycles. The lowest BCUT2D eigenvalue weighted by molar-refractivity contribution is 1.52. The molecule has 0 nitrogen and oxygen atoms in total. The van der Waals surface area contributed by atoms with E-state index in [1.54, 1.807) is 5.19 Å². The Kier molecular flexibility index (Phi) is 4.05. The first kappa shape index (κ1) is 19.0. The summed E-state index contributed by atoms with van der Waals surface area (Å²) in [6, 6.07) is 43.4. The number of fused-ring (bicyclic) bond motifs is 7. The zero-order valence-electron chi connectivity index (χ0n) is 18.4. The number of aryl methyl sites for hydroxylation is 1. The highest BCUT2D eigenvalue weighted by atomic mass is 32.1. The molecule has 1 aliphatic rings. The van der Waals surface area contributed by atoms with Crippen molar-refractivity contribution in [3.8, 4) is 11.1 Å². The van der Waals surface area contributed by atoms with Gasteiger partial charge < -0.3 is 0 Å². The summed E-state index contributed by atoms with van der Waals surface area (Å²) in [5.74, 6) is 0. The number of hydrogen-bond acceptors (Lipinski definition) is 1. The zero-order chi connectivity index (χ0) is 22.0. The first-order chi connectivity index (χ1) is 16.3. The van der Waals surface area contributed by atoms with Crippen molar-refractivity contribution >= 4 is 60.3 Å². The van der Waals surface area contributed by atoms with Crippen LogP contribution in [-0.2, 0) is 0 Å². The molecule has 0 bridgehead atoms. The molecule has 5 aromatic carbocycles. The third kappa shape index (κ3) is 2.51. The molecule has 0 spiro atoms. The van der Waals surface area contributed by atoms with Crippen molar-refractivity contribution in [2.24, 2.45) is 0 Å². The fourth-order valence-electron chi connectivity index (χ4n) is 5.87. The van der Waals surface area contributed by atoms with Crippen LogP contribution in [0.4, 0.5) is 0 Å². The highest BCUT2D eigenvalue weighted by Crippen LogP contribution is 2.39. The summed E-state index contributed by atoms with van der Waals surface area (Å²) in [5.41, 5.74) is 4.14. The van der Waals surface area contributed by atoms with Crippen LogP contribution in [-0.4, -0.2) is 8.07 Å². The van der Waals surface area contributed by atoms with Gasteiger partial charge in [-0.3, -0.25) is 0 Å². The van der Waals surface area contributed by atoms with Gasteiger partial charge in [-0.1, -0.05) is 109 Å². The molecular weight excluding hydrogens is 432 g/mol. The van der Waals surface area contributed by atoms with Crippen LogP contribution in [0.5, 0.6) is 0 Å². The predicted octanol–water partition coefficient (Wildman–Crippen LogP) is 5.72. The molecule has 156 valence electrons. The lowest BCUT2D eigenvalue weighted by atomic mass is 10.0. The van der Waals surface area contributed by atoms with E-state index >= 15 is 0 Å². The Morgan fingerprint density at radius 3 is 1.97 bits per heavy atom. The Balaban J connectivity index is 1.73. The molecular formula is C31H22SSi. The van der Waals surface area contributed by atoms with E-state index in [9.17, 15) is 0 Å². The van der Waals surface area contributed by atoms with E-state index in [1.807, 2.05) is 11.3 Å². The minimum atomic E-state index is -2.46. The number of hydrogen-bond donors (Lipinski definition) is 0. The van der Waals surface area contributed by atoms with Crippen LogP contribution < -0.4 is 20.7 Å². The van der Waals surface area contributed by atoms with Crippen molar-refractivity contribution in [2.45, 2.75) is 6.92 Å². The van der Waals surface area contributed by atoms with Crippen LogP contribution >= 0.6 is 11.3 Å². The second-order valence-corrected chi connectivity index (χ2v) is 13.7. The molecule has 0 amide bonds. The Bertz CT molecular complexity index is 1620. The van der Waals surface area contributed by atoms with Gasteiger partial charge in [-0.25, -0.2) is 0 Å². The number of thiophene rings is 1. The van der Waals surface area contributed by atoms with E-state index in [1.165, 1.54) is 52.4 Å². The fourth-order valence-corrected chi connectivity index (χ4v) is 12.9. The largest absolute Gasteiger partial charge is 0.182 e. The molecule has 0 saturated carbocycles. The van der Waals surface area contributed by atoms with E-state index < -0.39 is 8.07 Å². The van der Waals surface area contributed by atoms with Crippen LogP contribution in [0.25, 0.3) is 31.3 Å². The van der Waals surface area contributed by atoms with E-state index in [4.69, 9.17) is 0 Å². The molecule has 0 saturated heterocycles. The SMILES string of the molecule is Cc1ccc2sc3c4c(ccc3c2c1)-c1ccccc1[Si]4(c1ccccc1)c1ccccc1. The summed E-state index contributed by atoms with van der Waals surface area (Å²) in [6.45, 7) is 2.19. The van der Waals surface area contributed by atoms with Gasteiger partial charge in [0.2, 0.25) is 0 Å². The third-order valence-electron chi connectivity index (χ3n) is 7.20. The minimum Gasteiger partial charge on any atom is -0.135 e. The molecule has 0 aliphatic carbocycles. The Hall–Kier alpha value is -3.46. The second-order valence-electron chi connectivity index (χ2n) is 8.99. The first-order valence-electron chi connectivity index (χ1n) is 11.5. The Morgan fingerprint density at radius 2 is 1.24 bits per heavy atom. The molecule has 0 radical (unpaired) electrons. The summed E-state index contributed by atoms with van der Waals surface area (Å²) in [5, 5.41) is 8.79. The van der Waals surface area contributed by atoms with Crippen LogP contribution in [0.2, 0.25) is 0 Å². The smallest absolute Gasteiger partial charge is 0.135 e. The maximum atomic E-state index is 2.39. The molecule has 7 rings (SSSR count). The van der Waals surface area contributed by atoms with Crippen LogP contribution in [0, 0.1) is 6.92 Å². The second kappa shape index (κ2) is 7.02. The molecule has 0 unspecified atom stereocenters. The van der Waals surface area contributed by atoms with Crippen molar-refractivity contribution < 1.29 is 0 Å². The maximum Gasteiger partial charge on any atom is 0.182 e. The standard InChI is InChI=1S/C31H22SSi/c1-21-16-19-28-27(20-21)25-17-18-26-24-14-8-9-15-29(24)33(31(26)30(25)32-28,22-10-4-2-5-11-22)23-12-6-3-7-13-23/h2-20H,1H3. The van der Waals surface area contributed by atoms with Gasteiger partial charge in [0, 0.05) is 20.2 Å². The molecule has 1 aromatic heterocycles. The van der Waals surface area contributed by atoms with Crippen molar-refractivity contribution in [3.05, 3.63) is 121 Å². The topological polar surface area (TPSA) is 0 Å². The lowest BCUT2D eigenvalue weighted by Gasteiger charge is -2.31. The summed E-state index contributed by atoms with van der Waals surface area (Å²) in [7, 11) is -2.46. The van der Waals surface area contributed by atoms with Gasteiger partial charge in [0.1, 0.15) is 0 Å². The molecule has 2 heteroatoms. The van der Waals surface area contributed by atoms with Gasteiger partial charge >= 0.3 is 0 Å². The monoisotopic (exact) mass is 454 g/mol. The molecule has 0 atom stereocenters. The van der Waals surface area contributed by atoms with Crippen LogP contribution in [0.15, 0.2) is 115 Å².